The van der Waals surface area contributed by atoms with Gasteiger partial charge in [-0.15, -0.1) is 0 Å². The van der Waals surface area contributed by atoms with Crippen molar-refractivity contribution in [3.8, 4) is 17.2 Å². The number of nitrogens with zero attached hydrogens (tertiary/aromatic N) is 2. The van der Waals surface area contributed by atoms with Crippen molar-refractivity contribution in [2.24, 2.45) is 7.05 Å². The largest absolute Gasteiger partial charge is 0.497 e. The van der Waals surface area contributed by atoms with Gasteiger partial charge in [-0.25, -0.2) is 0 Å². The van der Waals surface area contributed by atoms with Gasteiger partial charge in [0, 0.05) is 54.8 Å². The molecule has 1 N–H and O–H groups in total. The van der Waals surface area contributed by atoms with Crippen molar-refractivity contribution < 1.29 is 23.8 Å². The Balaban J connectivity index is 1.47. The summed E-state index contributed by atoms with van der Waals surface area (Å²) in [4.78, 5) is 27.6. The van der Waals surface area contributed by atoms with Crippen LogP contribution >= 0.6 is 0 Å². The van der Waals surface area contributed by atoms with Gasteiger partial charge in [-0.3, -0.25) is 14.5 Å². The molecule has 0 bridgehead atoms. The second kappa shape index (κ2) is 10.1. The third kappa shape index (κ3) is 4.16. The van der Waals surface area contributed by atoms with Crippen LogP contribution in [0.1, 0.15) is 29.5 Å². The van der Waals surface area contributed by atoms with Gasteiger partial charge >= 0.3 is 0 Å². The van der Waals surface area contributed by atoms with E-state index < -0.39 is 5.92 Å². The summed E-state index contributed by atoms with van der Waals surface area (Å²) in [7, 11) is 5.26. The maximum atomic E-state index is 13.8. The molecule has 40 heavy (non-hydrogen) atoms. The highest BCUT2D eigenvalue weighted by atomic mass is 16.5. The maximum absolute atomic E-state index is 13.8. The van der Waals surface area contributed by atoms with Gasteiger partial charge in [0.1, 0.15) is 5.75 Å². The van der Waals surface area contributed by atoms with Crippen LogP contribution in [0.2, 0.25) is 0 Å². The summed E-state index contributed by atoms with van der Waals surface area (Å²) in [5.74, 6) is 0.918. The van der Waals surface area contributed by atoms with Gasteiger partial charge in [0.25, 0.3) is 5.91 Å². The van der Waals surface area contributed by atoms with E-state index in [1.165, 1.54) is 11.8 Å². The number of carbonyl (C=O) groups excluding carboxylic acids is 2. The highest BCUT2D eigenvalue weighted by molar-refractivity contribution is 6.11. The first-order valence-corrected chi connectivity index (χ1v) is 13.2. The van der Waals surface area contributed by atoms with Crippen LogP contribution in [0, 0.1) is 0 Å². The van der Waals surface area contributed by atoms with Crippen LogP contribution in [0.5, 0.6) is 17.2 Å². The molecule has 6 rings (SSSR count). The van der Waals surface area contributed by atoms with Crippen LogP contribution in [0.25, 0.3) is 10.9 Å². The van der Waals surface area contributed by atoms with Crippen molar-refractivity contribution in [3.05, 3.63) is 94.8 Å². The van der Waals surface area contributed by atoms with Gasteiger partial charge in [0.15, 0.2) is 11.5 Å². The topological polar surface area (TPSA) is 82.0 Å². The molecule has 204 valence electrons. The first kappa shape index (κ1) is 25.6. The lowest BCUT2D eigenvalue weighted by atomic mass is 9.83. The number of ether oxygens (including phenoxy) is 3. The summed E-state index contributed by atoms with van der Waals surface area (Å²) in [6, 6.07) is 19.7. The molecule has 0 radical (unpaired) electrons. The number of methoxy groups -OCH3 is 2. The van der Waals surface area contributed by atoms with Crippen LogP contribution in [0.3, 0.4) is 0 Å². The number of aromatic nitrogens is 1. The monoisotopic (exact) mass is 537 g/mol. The first-order valence-electron chi connectivity index (χ1n) is 13.2. The van der Waals surface area contributed by atoms with E-state index in [0.717, 1.165) is 44.7 Å². The van der Waals surface area contributed by atoms with Gasteiger partial charge in [-0.1, -0.05) is 30.3 Å². The Morgan fingerprint density at radius 3 is 2.50 bits per heavy atom. The van der Waals surface area contributed by atoms with Crippen molar-refractivity contribution in [1.29, 1.82) is 0 Å². The Hall–Kier alpha value is -4.72. The maximum Gasteiger partial charge on any atom is 0.259 e. The second-order valence-corrected chi connectivity index (χ2v) is 10.1. The molecule has 0 fully saturated rings. The van der Waals surface area contributed by atoms with E-state index in [9.17, 15) is 9.59 Å². The second-order valence-electron chi connectivity index (χ2n) is 10.1. The molecule has 2 aliphatic heterocycles. The molecule has 0 saturated heterocycles. The fraction of sp³-hybridized carbons (Fsp3) is 0.250. The number of hydrogen-bond donors (Lipinski definition) is 1. The smallest absolute Gasteiger partial charge is 0.259 e. The fourth-order valence-electron chi connectivity index (χ4n) is 5.83. The number of para-hydroxylation sites is 1. The van der Waals surface area contributed by atoms with Crippen LogP contribution in [0.4, 0.5) is 5.69 Å². The average Bonchev–Trinajstić information content (AvgIpc) is 3.42. The Kier molecular flexibility index (Phi) is 6.46. The Morgan fingerprint density at radius 2 is 1.77 bits per heavy atom. The third-order valence-corrected chi connectivity index (χ3v) is 7.76. The molecule has 0 unspecified atom stereocenters. The quantitative estimate of drug-likeness (QED) is 0.357. The van der Waals surface area contributed by atoms with Gasteiger partial charge in [-0.05, 0) is 41.5 Å². The van der Waals surface area contributed by atoms with E-state index in [-0.39, 0.29) is 18.4 Å². The number of amides is 2. The summed E-state index contributed by atoms with van der Waals surface area (Å²) in [6.45, 7) is 2.03. The third-order valence-electron chi connectivity index (χ3n) is 7.76. The number of imide groups is 1. The van der Waals surface area contributed by atoms with Crippen LogP contribution in [0.15, 0.2) is 78.1 Å². The summed E-state index contributed by atoms with van der Waals surface area (Å²) >= 11 is 0. The number of anilines is 1. The Morgan fingerprint density at radius 1 is 1.00 bits per heavy atom. The molecule has 8 heteroatoms. The lowest BCUT2D eigenvalue weighted by Gasteiger charge is -2.23. The van der Waals surface area contributed by atoms with Crippen molar-refractivity contribution in [2.75, 3.05) is 32.7 Å². The number of benzene rings is 3. The molecule has 1 atom stereocenters. The molecule has 0 spiro atoms. The lowest BCUT2D eigenvalue weighted by molar-refractivity contribution is -0.139. The number of carbonyl (C=O) groups is 2. The predicted octanol–water partition coefficient (Wildman–Crippen LogP) is 5.02. The van der Waals surface area contributed by atoms with Crippen molar-refractivity contribution >= 4 is 28.4 Å². The molecule has 2 amide bonds. The molecule has 1 aromatic heterocycles. The fourth-order valence-corrected chi connectivity index (χ4v) is 5.83. The highest BCUT2D eigenvalue weighted by Crippen LogP contribution is 2.50. The van der Waals surface area contributed by atoms with Gasteiger partial charge in [0.05, 0.1) is 38.5 Å². The normalized spacial score (nSPS) is 16.1. The SMILES string of the molecule is COc1ccc(CCOc2c(OC)cccc2[C@@H]2C3=C(CN(C(C)=O)C3=O)Nc3cccc4c3c2cn4C)cc1. The molecule has 8 nitrogen and oxygen atoms in total. The van der Waals surface area contributed by atoms with E-state index in [1.807, 2.05) is 61.6 Å². The molecule has 3 aromatic carbocycles. The number of hydrogen-bond acceptors (Lipinski definition) is 6. The van der Waals surface area contributed by atoms with Crippen LogP contribution in [-0.4, -0.2) is 48.7 Å². The Labute approximate surface area is 232 Å². The lowest BCUT2D eigenvalue weighted by Crippen LogP contribution is -2.33. The number of aryl methyl sites for hydroxylation is 1. The molecule has 3 heterocycles. The van der Waals surface area contributed by atoms with Gasteiger partial charge in [0.2, 0.25) is 5.91 Å². The molecule has 0 aliphatic carbocycles. The Bertz CT molecular complexity index is 1670. The van der Waals surface area contributed by atoms with Crippen molar-refractivity contribution in [1.82, 2.24) is 9.47 Å². The summed E-state index contributed by atoms with van der Waals surface area (Å²) in [6.07, 6.45) is 2.75. The summed E-state index contributed by atoms with van der Waals surface area (Å²) in [5, 5.41) is 4.55. The minimum atomic E-state index is -0.474. The molecule has 2 aliphatic rings. The molecule has 4 aromatic rings. The van der Waals surface area contributed by atoms with Crippen LogP contribution in [-0.2, 0) is 23.1 Å². The first-order chi connectivity index (χ1) is 19.4. The van der Waals surface area contributed by atoms with E-state index in [0.29, 0.717) is 30.1 Å². The summed E-state index contributed by atoms with van der Waals surface area (Å²) < 4.78 is 19.6. The van der Waals surface area contributed by atoms with Crippen molar-refractivity contribution in [3.63, 3.8) is 0 Å². The minimum absolute atomic E-state index is 0.199. The number of rotatable bonds is 7. The van der Waals surface area contributed by atoms with Crippen molar-refractivity contribution in [2.45, 2.75) is 19.3 Å². The van der Waals surface area contributed by atoms with E-state index in [1.54, 1.807) is 14.2 Å². The standard InChI is InChI=1S/C32H31N3O5/c1-19(36)35-18-25-30(32(35)37)28(23-17-34(2)26-9-6-8-24(33-25)29(23)26)22-7-5-10-27(39-4)31(22)40-16-15-20-11-13-21(38-3)14-12-20/h5-14,17,28,33H,15-16,18H2,1-4H3/t28-/m0/s1. The zero-order chi connectivity index (χ0) is 28.0. The average molecular weight is 538 g/mol. The predicted molar refractivity (Wildman–Crippen MR) is 153 cm³/mol. The zero-order valence-corrected chi connectivity index (χ0v) is 23.0. The molecular weight excluding hydrogens is 506 g/mol. The van der Waals surface area contributed by atoms with Crippen LogP contribution < -0.4 is 19.5 Å². The molecular formula is C32H31N3O5. The van der Waals surface area contributed by atoms with E-state index >= 15 is 0 Å². The zero-order valence-electron chi connectivity index (χ0n) is 23.0. The highest BCUT2D eigenvalue weighted by Gasteiger charge is 2.42. The van der Waals surface area contributed by atoms with Gasteiger partial charge in [-0.2, -0.15) is 0 Å². The molecule has 0 saturated carbocycles. The minimum Gasteiger partial charge on any atom is -0.497 e. The van der Waals surface area contributed by atoms with E-state index in [4.69, 9.17) is 14.2 Å². The number of nitrogens with one attached hydrogen (secondary N) is 1. The van der Waals surface area contributed by atoms with E-state index in [2.05, 4.69) is 22.1 Å². The summed E-state index contributed by atoms with van der Waals surface area (Å²) in [5.41, 5.74) is 6.13. The van der Waals surface area contributed by atoms with Gasteiger partial charge < -0.3 is 24.1 Å².